The third-order valence-corrected chi connectivity index (χ3v) is 5.08. The molecule has 1 aliphatic heterocycles. The summed E-state index contributed by atoms with van der Waals surface area (Å²) in [6.07, 6.45) is 2.03. The second-order valence-corrected chi connectivity index (χ2v) is 6.88. The van der Waals surface area contributed by atoms with Gasteiger partial charge in [-0.3, -0.25) is 9.79 Å². The van der Waals surface area contributed by atoms with Crippen molar-refractivity contribution < 1.29 is 4.79 Å². The molecular weight excluding hydrogens is 461 g/mol. The SMILES string of the molecule is CN=C(NCC(=O)N1CCCc2ccccc21)NCc1nc(C)cs1.I. The summed E-state index contributed by atoms with van der Waals surface area (Å²) in [6, 6.07) is 8.12. The van der Waals surface area contributed by atoms with E-state index in [9.17, 15) is 4.79 Å². The Morgan fingerprint density at radius 1 is 1.35 bits per heavy atom. The van der Waals surface area contributed by atoms with Crippen LogP contribution in [0, 0.1) is 6.92 Å². The first kappa shape index (κ1) is 20.6. The van der Waals surface area contributed by atoms with E-state index in [1.54, 1.807) is 18.4 Å². The Labute approximate surface area is 175 Å². The summed E-state index contributed by atoms with van der Waals surface area (Å²) in [5.41, 5.74) is 3.29. The molecule has 1 aromatic carbocycles. The molecule has 0 aliphatic carbocycles. The summed E-state index contributed by atoms with van der Waals surface area (Å²) in [6.45, 7) is 3.55. The van der Waals surface area contributed by atoms with Gasteiger partial charge in [-0.15, -0.1) is 35.3 Å². The average Bonchev–Trinajstić information content (AvgIpc) is 3.06. The molecule has 0 atom stereocenters. The van der Waals surface area contributed by atoms with Crippen LogP contribution in [-0.2, 0) is 17.8 Å². The highest BCUT2D eigenvalue weighted by Crippen LogP contribution is 2.26. The number of hydrogen-bond acceptors (Lipinski definition) is 4. The lowest BCUT2D eigenvalue weighted by atomic mass is 10.0. The van der Waals surface area contributed by atoms with Gasteiger partial charge in [0, 0.05) is 30.4 Å². The van der Waals surface area contributed by atoms with Gasteiger partial charge in [0.15, 0.2) is 5.96 Å². The Balaban J connectivity index is 0.00000243. The highest BCUT2D eigenvalue weighted by molar-refractivity contribution is 14.0. The number of halogens is 1. The molecule has 1 amide bonds. The molecule has 140 valence electrons. The largest absolute Gasteiger partial charge is 0.350 e. The van der Waals surface area contributed by atoms with Crippen molar-refractivity contribution in [1.29, 1.82) is 0 Å². The van der Waals surface area contributed by atoms with Crippen LogP contribution in [0.2, 0.25) is 0 Å². The molecule has 0 unspecified atom stereocenters. The van der Waals surface area contributed by atoms with Crippen molar-refractivity contribution in [1.82, 2.24) is 15.6 Å². The Kier molecular flexibility index (Phi) is 7.83. The molecule has 1 aliphatic rings. The third-order valence-electron chi connectivity index (χ3n) is 4.12. The van der Waals surface area contributed by atoms with E-state index in [1.807, 2.05) is 35.4 Å². The average molecular weight is 485 g/mol. The number of fused-ring (bicyclic) bond motifs is 1. The van der Waals surface area contributed by atoms with E-state index in [4.69, 9.17) is 0 Å². The van der Waals surface area contributed by atoms with Gasteiger partial charge in [0.1, 0.15) is 5.01 Å². The van der Waals surface area contributed by atoms with Crippen molar-refractivity contribution in [3.05, 3.63) is 45.9 Å². The number of thiazole rings is 1. The van der Waals surface area contributed by atoms with Crippen LogP contribution in [0.1, 0.15) is 22.7 Å². The third kappa shape index (κ3) is 5.16. The van der Waals surface area contributed by atoms with Gasteiger partial charge in [0.2, 0.25) is 5.91 Å². The number of hydrogen-bond donors (Lipinski definition) is 2. The number of rotatable bonds is 4. The fraction of sp³-hybridized carbons (Fsp3) is 0.389. The van der Waals surface area contributed by atoms with Crippen molar-refractivity contribution in [3.63, 3.8) is 0 Å². The molecule has 0 bridgehead atoms. The quantitative estimate of drug-likeness (QED) is 0.397. The van der Waals surface area contributed by atoms with E-state index in [0.29, 0.717) is 12.5 Å². The number of benzene rings is 1. The number of nitrogens with zero attached hydrogens (tertiary/aromatic N) is 3. The summed E-state index contributed by atoms with van der Waals surface area (Å²) >= 11 is 1.61. The van der Waals surface area contributed by atoms with Crippen molar-refractivity contribution in [3.8, 4) is 0 Å². The van der Waals surface area contributed by atoms with E-state index in [-0.39, 0.29) is 36.4 Å². The summed E-state index contributed by atoms with van der Waals surface area (Å²) in [5.74, 6) is 0.659. The molecule has 0 radical (unpaired) electrons. The van der Waals surface area contributed by atoms with E-state index in [2.05, 4.69) is 26.7 Å². The summed E-state index contributed by atoms with van der Waals surface area (Å²) in [5, 5.41) is 9.31. The maximum atomic E-state index is 12.6. The molecule has 0 saturated carbocycles. The Hall–Kier alpha value is -1.68. The molecule has 1 aromatic heterocycles. The van der Waals surface area contributed by atoms with Crippen LogP contribution in [0.5, 0.6) is 0 Å². The molecule has 0 fully saturated rings. The summed E-state index contributed by atoms with van der Waals surface area (Å²) in [4.78, 5) is 23.1. The lowest BCUT2D eigenvalue weighted by Crippen LogP contribution is -2.45. The number of anilines is 1. The topological polar surface area (TPSA) is 69.6 Å². The summed E-state index contributed by atoms with van der Waals surface area (Å²) < 4.78 is 0. The fourth-order valence-electron chi connectivity index (χ4n) is 2.91. The van der Waals surface area contributed by atoms with Crippen LogP contribution < -0.4 is 15.5 Å². The number of aliphatic imine (C=N–C) groups is 1. The van der Waals surface area contributed by atoms with Crippen molar-refractivity contribution in [2.24, 2.45) is 4.99 Å². The summed E-state index contributed by atoms with van der Waals surface area (Å²) in [7, 11) is 1.70. The standard InChI is InChI=1S/C18H23N5OS.HI/c1-13-12-25-16(22-13)10-20-18(19-2)21-11-17(24)23-9-5-7-14-6-3-4-8-15(14)23;/h3-4,6,8,12H,5,7,9-11H2,1-2H3,(H2,19,20,21);1H. The first-order valence-electron chi connectivity index (χ1n) is 8.41. The normalized spacial score (nSPS) is 13.6. The van der Waals surface area contributed by atoms with Gasteiger partial charge in [0.05, 0.1) is 13.1 Å². The monoisotopic (exact) mass is 485 g/mol. The van der Waals surface area contributed by atoms with Crippen LogP contribution in [0.15, 0.2) is 34.6 Å². The van der Waals surface area contributed by atoms with Crippen LogP contribution in [-0.4, -0.2) is 37.0 Å². The fourth-order valence-corrected chi connectivity index (χ4v) is 3.62. The predicted molar refractivity (Wildman–Crippen MR) is 118 cm³/mol. The second kappa shape index (κ2) is 9.86. The molecule has 2 heterocycles. The molecule has 8 heteroatoms. The van der Waals surface area contributed by atoms with Crippen LogP contribution in [0.4, 0.5) is 5.69 Å². The smallest absolute Gasteiger partial charge is 0.246 e. The van der Waals surface area contributed by atoms with Gasteiger partial charge >= 0.3 is 0 Å². The van der Waals surface area contributed by atoms with Gasteiger partial charge in [-0.25, -0.2) is 4.98 Å². The van der Waals surface area contributed by atoms with Gasteiger partial charge < -0.3 is 15.5 Å². The number of carbonyl (C=O) groups excluding carboxylic acids is 1. The number of carbonyl (C=O) groups is 1. The van der Waals surface area contributed by atoms with Crippen LogP contribution >= 0.6 is 35.3 Å². The lowest BCUT2D eigenvalue weighted by Gasteiger charge is -2.29. The zero-order valence-electron chi connectivity index (χ0n) is 15.0. The number of para-hydroxylation sites is 1. The maximum absolute atomic E-state index is 12.6. The first-order valence-corrected chi connectivity index (χ1v) is 9.29. The zero-order chi connectivity index (χ0) is 17.6. The zero-order valence-corrected chi connectivity index (χ0v) is 18.1. The van der Waals surface area contributed by atoms with E-state index < -0.39 is 0 Å². The Bertz CT molecular complexity index is 776. The Morgan fingerprint density at radius 3 is 2.88 bits per heavy atom. The second-order valence-electron chi connectivity index (χ2n) is 5.94. The number of guanidine groups is 1. The minimum Gasteiger partial charge on any atom is -0.350 e. The van der Waals surface area contributed by atoms with Crippen molar-refractivity contribution >= 4 is 52.9 Å². The molecule has 2 aromatic rings. The highest BCUT2D eigenvalue weighted by Gasteiger charge is 2.21. The number of amides is 1. The predicted octanol–water partition coefficient (Wildman–Crippen LogP) is 2.71. The van der Waals surface area contributed by atoms with Crippen molar-refractivity contribution in [2.75, 3.05) is 25.0 Å². The van der Waals surface area contributed by atoms with Gasteiger partial charge in [-0.05, 0) is 31.4 Å². The van der Waals surface area contributed by atoms with Crippen molar-refractivity contribution in [2.45, 2.75) is 26.3 Å². The van der Waals surface area contributed by atoms with Crippen LogP contribution in [0.3, 0.4) is 0 Å². The van der Waals surface area contributed by atoms with E-state index >= 15 is 0 Å². The molecule has 0 spiro atoms. The molecule has 2 N–H and O–H groups in total. The van der Waals surface area contributed by atoms with Gasteiger partial charge in [0.25, 0.3) is 0 Å². The minimum absolute atomic E-state index is 0. The molecular formula is C18H24IN5OS. The molecule has 3 rings (SSSR count). The number of nitrogens with one attached hydrogen (secondary N) is 2. The van der Waals surface area contributed by atoms with Gasteiger partial charge in [-0.2, -0.15) is 0 Å². The van der Waals surface area contributed by atoms with E-state index in [0.717, 1.165) is 35.8 Å². The Morgan fingerprint density at radius 2 is 2.15 bits per heavy atom. The highest BCUT2D eigenvalue weighted by atomic mass is 127. The van der Waals surface area contributed by atoms with Crippen LogP contribution in [0.25, 0.3) is 0 Å². The maximum Gasteiger partial charge on any atom is 0.246 e. The molecule has 6 nitrogen and oxygen atoms in total. The number of aryl methyl sites for hydroxylation is 2. The molecule has 0 saturated heterocycles. The lowest BCUT2D eigenvalue weighted by molar-refractivity contribution is -0.117. The number of aromatic nitrogens is 1. The first-order chi connectivity index (χ1) is 12.2. The van der Waals surface area contributed by atoms with E-state index in [1.165, 1.54) is 5.56 Å². The minimum atomic E-state index is 0. The van der Waals surface area contributed by atoms with Gasteiger partial charge in [-0.1, -0.05) is 18.2 Å². The molecule has 26 heavy (non-hydrogen) atoms.